The first kappa shape index (κ1) is 11.7. The molecule has 1 aromatic heterocycles. The maximum absolute atomic E-state index is 11.4. The Hall–Kier alpha value is -1.81. The molecule has 4 nitrogen and oxygen atoms in total. The van der Waals surface area contributed by atoms with Gasteiger partial charge in [-0.3, -0.25) is 0 Å². The molecular formula is C13H15NO3. The Labute approximate surface area is 99.0 Å². The largest absolute Gasteiger partial charge is 0.497 e. The Bertz CT molecular complexity index is 574. The lowest BCUT2D eigenvalue weighted by Gasteiger charge is -2.06. The number of nitrogens with two attached hydrogens (primary N) is 1. The third-order valence-electron chi connectivity index (χ3n) is 2.69. The molecule has 17 heavy (non-hydrogen) atoms. The molecule has 2 rings (SSSR count). The minimum atomic E-state index is -0.335. The van der Waals surface area contributed by atoms with E-state index in [1.807, 2.05) is 12.1 Å². The molecule has 0 unspecified atom stereocenters. The second-order valence-corrected chi connectivity index (χ2v) is 3.84. The van der Waals surface area contributed by atoms with Gasteiger partial charge in [-0.25, -0.2) is 4.79 Å². The summed E-state index contributed by atoms with van der Waals surface area (Å²) in [7, 11) is 1.58. The van der Waals surface area contributed by atoms with Crippen molar-refractivity contribution in [1.82, 2.24) is 0 Å². The zero-order chi connectivity index (χ0) is 12.3. The van der Waals surface area contributed by atoms with Gasteiger partial charge in [-0.1, -0.05) is 0 Å². The van der Waals surface area contributed by atoms with E-state index < -0.39 is 0 Å². The van der Waals surface area contributed by atoms with Gasteiger partial charge in [-0.05, 0) is 37.1 Å². The van der Waals surface area contributed by atoms with Gasteiger partial charge in [0.25, 0.3) is 0 Å². The van der Waals surface area contributed by atoms with Gasteiger partial charge in [-0.2, -0.15) is 0 Å². The first-order chi connectivity index (χ1) is 8.24. The second-order valence-electron chi connectivity index (χ2n) is 3.84. The van der Waals surface area contributed by atoms with E-state index in [0.717, 1.165) is 23.8 Å². The molecule has 0 amide bonds. The highest BCUT2D eigenvalue weighted by atomic mass is 16.5. The van der Waals surface area contributed by atoms with Crippen molar-refractivity contribution in [2.75, 3.05) is 13.7 Å². The topological polar surface area (TPSA) is 65.5 Å². The highest BCUT2D eigenvalue weighted by molar-refractivity contribution is 5.81. The van der Waals surface area contributed by atoms with Crippen LogP contribution >= 0.6 is 0 Å². The molecule has 0 fully saturated rings. The lowest BCUT2D eigenvalue weighted by Crippen LogP contribution is -2.04. The smallest absolute Gasteiger partial charge is 0.336 e. The molecule has 1 heterocycles. The summed E-state index contributed by atoms with van der Waals surface area (Å²) in [6.45, 7) is 0.609. The summed E-state index contributed by atoms with van der Waals surface area (Å²) >= 11 is 0. The van der Waals surface area contributed by atoms with Gasteiger partial charge in [0.05, 0.1) is 7.11 Å². The van der Waals surface area contributed by atoms with E-state index in [4.69, 9.17) is 14.9 Å². The van der Waals surface area contributed by atoms with Crippen LogP contribution < -0.4 is 16.1 Å². The van der Waals surface area contributed by atoms with E-state index in [-0.39, 0.29) is 5.63 Å². The summed E-state index contributed by atoms with van der Waals surface area (Å²) in [6.07, 6.45) is 1.63. The monoisotopic (exact) mass is 233 g/mol. The highest BCUT2D eigenvalue weighted by Crippen LogP contribution is 2.23. The van der Waals surface area contributed by atoms with Gasteiger partial charge in [-0.15, -0.1) is 0 Å². The van der Waals surface area contributed by atoms with Crippen molar-refractivity contribution in [3.8, 4) is 5.75 Å². The zero-order valence-corrected chi connectivity index (χ0v) is 9.73. The average Bonchev–Trinajstić information content (AvgIpc) is 2.34. The number of hydrogen-bond donors (Lipinski definition) is 1. The van der Waals surface area contributed by atoms with E-state index in [9.17, 15) is 4.79 Å². The van der Waals surface area contributed by atoms with Gasteiger partial charge < -0.3 is 14.9 Å². The van der Waals surface area contributed by atoms with Crippen LogP contribution in [0.3, 0.4) is 0 Å². The quantitative estimate of drug-likeness (QED) is 0.816. The number of fused-ring (bicyclic) bond motifs is 1. The van der Waals surface area contributed by atoms with Crippen molar-refractivity contribution in [3.63, 3.8) is 0 Å². The summed E-state index contributed by atoms with van der Waals surface area (Å²) in [5.41, 5.74) is 6.68. The number of ether oxygens (including phenoxy) is 1. The standard InChI is InChI=1S/C13H15NO3/c1-16-10-4-5-11-9(3-2-6-14)7-13(15)17-12(11)8-10/h4-5,7-8H,2-3,6,14H2,1H3. The minimum absolute atomic E-state index is 0.335. The van der Waals surface area contributed by atoms with Crippen LogP contribution in [0.4, 0.5) is 0 Å². The maximum atomic E-state index is 11.4. The third kappa shape index (κ3) is 2.47. The summed E-state index contributed by atoms with van der Waals surface area (Å²) in [5, 5.41) is 0.943. The number of hydrogen-bond acceptors (Lipinski definition) is 4. The molecule has 0 spiro atoms. The van der Waals surface area contributed by atoms with Crippen molar-refractivity contribution in [2.24, 2.45) is 5.73 Å². The van der Waals surface area contributed by atoms with E-state index in [2.05, 4.69) is 0 Å². The first-order valence-electron chi connectivity index (χ1n) is 5.55. The Morgan fingerprint density at radius 2 is 2.18 bits per heavy atom. The van der Waals surface area contributed by atoms with Crippen molar-refractivity contribution in [3.05, 3.63) is 40.2 Å². The summed E-state index contributed by atoms with van der Waals surface area (Å²) in [4.78, 5) is 11.4. The molecule has 0 bridgehead atoms. The number of methoxy groups -OCH3 is 1. The van der Waals surface area contributed by atoms with E-state index in [0.29, 0.717) is 17.9 Å². The molecular weight excluding hydrogens is 218 g/mol. The molecule has 2 N–H and O–H groups in total. The van der Waals surface area contributed by atoms with E-state index >= 15 is 0 Å². The molecule has 2 aromatic rings. The molecule has 90 valence electrons. The van der Waals surface area contributed by atoms with Gasteiger partial charge in [0.1, 0.15) is 11.3 Å². The second kappa shape index (κ2) is 5.01. The van der Waals surface area contributed by atoms with Gasteiger partial charge in [0, 0.05) is 17.5 Å². The van der Waals surface area contributed by atoms with Crippen molar-refractivity contribution < 1.29 is 9.15 Å². The molecule has 0 aliphatic carbocycles. The maximum Gasteiger partial charge on any atom is 0.336 e. The molecule has 0 aliphatic heterocycles. The molecule has 4 heteroatoms. The Kier molecular flexibility index (Phi) is 3.44. The van der Waals surface area contributed by atoms with Gasteiger partial charge in [0.15, 0.2) is 0 Å². The number of aryl methyl sites for hydroxylation is 1. The van der Waals surface area contributed by atoms with Crippen molar-refractivity contribution >= 4 is 11.0 Å². The summed E-state index contributed by atoms with van der Waals surface area (Å²) < 4.78 is 10.3. The van der Waals surface area contributed by atoms with Crippen molar-refractivity contribution in [1.29, 1.82) is 0 Å². The van der Waals surface area contributed by atoms with Crippen LogP contribution in [0.15, 0.2) is 33.5 Å². The molecule has 0 saturated carbocycles. The lowest BCUT2D eigenvalue weighted by molar-refractivity contribution is 0.414. The zero-order valence-electron chi connectivity index (χ0n) is 9.73. The van der Waals surface area contributed by atoms with Crippen molar-refractivity contribution in [2.45, 2.75) is 12.8 Å². The minimum Gasteiger partial charge on any atom is -0.497 e. The summed E-state index contributed by atoms with van der Waals surface area (Å²) in [5.74, 6) is 0.677. The molecule has 0 saturated heterocycles. The van der Waals surface area contributed by atoms with Crippen LogP contribution in [0.2, 0.25) is 0 Å². The Balaban J connectivity index is 2.55. The van der Waals surface area contributed by atoms with Crippen LogP contribution in [0.1, 0.15) is 12.0 Å². The van der Waals surface area contributed by atoms with Crippen LogP contribution in [0.25, 0.3) is 11.0 Å². The SMILES string of the molecule is COc1ccc2c(CCCN)cc(=O)oc2c1. The fourth-order valence-corrected chi connectivity index (χ4v) is 1.84. The predicted molar refractivity (Wildman–Crippen MR) is 66.4 cm³/mol. The molecule has 0 radical (unpaired) electrons. The van der Waals surface area contributed by atoms with E-state index in [1.54, 1.807) is 13.2 Å². The van der Waals surface area contributed by atoms with Gasteiger partial charge >= 0.3 is 5.63 Å². The Morgan fingerprint density at radius 3 is 2.88 bits per heavy atom. The third-order valence-corrected chi connectivity index (χ3v) is 2.69. The fraction of sp³-hybridized carbons (Fsp3) is 0.308. The normalized spacial score (nSPS) is 10.7. The van der Waals surface area contributed by atoms with Crippen LogP contribution in [0.5, 0.6) is 5.75 Å². The highest BCUT2D eigenvalue weighted by Gasteiger charge is 2.06. The fourth-order valence-electron chi connectivity index (χ4n) is 1.84. The van der Waals surface area contributed by atoms with Crippen LogP contribution in [-0.2, 0) is 6.42 Å². The van der Waals surface area contributed by atoms with Crippen LogP contribution in [-0.4, -0.2) is 13.7 Å². The summed E-state index contributed by atoms with van der Waals surface area (Å²) in [6, 6.07) is 7.02. The van der Waals surface area contributed by atoms with Crippen LogP contribution in [0, 0.1) is 0 Å². The predicted octanol–water partition coefficient (Wildman–Crippen LogP) is 1.69. The number of rotatable bonds is 4. The Morgan fingerprint density at radius 1 is 1.35 bits per heavy atom. The molecule has 0 atom stereocenters. The average molecular weight is 233 g/mol. The molecule has 1 aromatic carbocycles. The lowest BCUT2D eigenvalue weighted by atomic mass is 10.1. The number of benzene rings is 1. The van der Waals surface area contributed by atoms with E-state index in [1.165, 1.54) is 6.07 Å². The molecule has 0 aliphatic rings. The first-order valence-corrected chi connectivity index (χ1v) is 5.55. The van der Waals surface area contributed by atoms with Gasteiger partial charge in [0.2, 0.25) is 0 Å².